The van der Waals surface area contributed by atoms with Gasteiger partial charge in [-0.3, -0.25) is 0 Å². The summed E-state index contributed by atoms with van der Waals surface area (Å²) in [7, 11) is 0. The SMILES string of the molecule is C1=Cc2ccccc2[S+]=CC1. The molecule has 0 aliphatic carbocycles. The Balaban J connectivity index is 2.58. The molecule has 1 aromatic rings. The highest BCUT2D eigenvalue weighted by Crippen LogP contribution is 2.12. The second-order valence-electron chi connectivity index (χ2n) is 2.46. The van der Waals surface area contributed by atoms with Crippen LogP contribution >= 0.6 is 0 Å². The number of benzene rings is 1. The van der Waals surface area contributed by atoms with Crippen LogP contribution < -0.4 is 0 Å². The summed E-state index contributed by atoms with van der Waals surface area (Å²) in [5.74, 6) is 0. The fourth-order valence-electron chi connectivity index (χ4n) is 1.11. The van der Waals surface area contributed by atoms with Crippen molar-refractivity contribution in [2.75, 3.05) is 0 Å². The Hall–Kier alpha value is -0.950. The molecule has 0 amide bonds. The summed E-state index contributed by atoms with van der Waals surface area (Å²) in [6, 6.07) is 8.47. The summed E-state index contributed by atoms with van der Waals surface area (Å²) in [6.07, 6.45) is 5.45. The van der Waals surface area contributed by atoms with Crippen LogP contribution in [0.15, 0.2) is 35.2 Å². The third-order valence-corrected chi connectivity index (χ3v) is 2.64. The molecule has 0 spiro atoms. The second kappa shape index (κ2) is 2.97. The van der Waals surface area contributed by atoms with Gasteiger partial charge in [0, 0.05) is 18.1 Å². The first-order valence-corrected chi connectivity index (χ1v) is 4.59. The van der Waals surface area contributed by atoms with E-state index in [0.29, 0.717) is 0 Å². The number of hydrogen-bond acceptors (Lipinski definition) is 0. The molecular weight excluding hydrogens is 152 g/mol. The minimum absolute atomic E-state index is 1.07. The summed E-state index contributed by atoms with van der Waals surface area (Å²) >= 11 is 1.82. The number of fused-ring (bicyclic) bond motifs is 1. The van der Waals surface area contributed by atoms with Crippen LogP contribution in [-0.4, -0.2) is 5.37 Å². The van der Waals surface area contributed by atoms with Crippen LogP contribution in [0.4, 0.5) is 0 Å². The first kappa shape index (κ1) is 6.74. The van der Waals surface area contributed by atoms with E-state index in [0.717, 1.165) is 6.42 Å². The maximum atomic E-state index is 2.22. The normalized spacial score (nSPS) is 14.2. The lowest BCUT2D eigenvalue weighted by molar-refractivity contribution is 1.43. The highest BCUT2D eigenvalue weighted by Gasteiger charge is 2.07. The van der Waals surface area contributed by atoms with Gasteiger partial charge in [-0.05, 0) is 6.07 Å². The van der Waals surface area contributed by atoms with Crippen molar-refractivity contribution in [1.82, 2.24) is 0 Å². The van der Waals surface area contributed by atoms with Gasteiger partial charge in [-0.1, -0.05) is 24.3 Å². The van der Waals surface area contributed by atoms with Gasteiger partial charge in [0.05, 0.1) is 0 Å². The van der Waals surface area contributed by atoms with Gasteiger partial charge in [0.2, 0.25) is 16.2 Å². The molecule has 1 aliphatic rings. The van der Waals surface area contributed by atoms with Crippen LogP contribution in [0.3, 0.4) is 0 Å². The number of rotatable bonds is 0. The standard InChI is InChI=1S/C10H9S/c1-2-7-10-9(5-1)6-3-4-8-11-10/h1-3,5-8H,4H2/q+1. The lowest BCUT2D eigenvalue weighted by atomic mass is 10.2. The summed E-state index contributed by atoms with van der Waals surface area (Å²) in [5, 5.41) is 2.22. The van der Waals surface area contributed by atoms with E-state index in [1.807, 2.05) is 11.4 Å². The third-order valence-electron chi connectivity index (χ3n) is 1.66. The van der Waals surface area contributed by atoms with Gasteiger partial charge in [-0.25, -0.2) is 0 Å². The molecule has 0 N–H and O–H groups in total. The third kappa shape index (κ3) is 1.38. The Bertz CT molecular complexity index is 279. The molecule has 11 heavy (non-hydrogen) atoms. The molecular formula is C10H9S+. The van der Waals surface area contributed by atoms with Crippen LogP contribution in [0.25, 0.3) is 6.08 Å². The van der Waals surface area contributed by atoms with Gasteiger partial charge in [0.1, 0.15) is 0 Å². The Labute approximate surface area is 70.5 Å². The minimum Gasteiger partial charge on any atom is -0.0750 e. The first-order valence-electron chi connectivity index (χ1n) is 3.71. The fourth-order valence-corrected chi connectivity index (χ4v) is 1.93. The zero-order chi connectivity index (χ0) is 7.52. The molecule has 1 aromatic carbocycles. The first-order chi connectivity index (χ1) is 5.47. The summed E-state index contributed by atoms with van der Waals surface area (Å²) in [4.78, 5) is 1.36. The minimum atomic E-state index is 1.07. The largest absolute Gasteiger partial charge is 0.237 e. The molecule has 0 saturated heterocycles. The van der Waals surface area contributed by atoms with Gasteiger partial charge < -0.3 is 0 Å². The molecule has 0 radical (unpaired) electrons. The van der Waals surface area contributed by atoms with E-state index in [1.165, 1.54) is 10.5 Å². The lowest BCUT2D eigenvalue weighted by Gasteiger charge is -1.87. The molecule has 2 rings (SSSR count). The molecule has 1 heteroatoms. The van der Waals surface area contributed by atoms with Crippen molar-refractivity contribution in [1.29, 1.82) is 0 Å². The summed E-state index contributed by atoms with van der Waals surface area (Å²) in [6.45, 7) is 0. The summed E-state index contributed by atoms with van der Waals surface area (Å²) < 4.78 is 0. The van der Waals surface area contributed by atoms with E-state index in [9.17, 15) is 0 Å². The predicted octanol–water partition coefficient (Wildman–Crippen LogP) is 2.35. The topological polar surface area (TPSA) is 0 Å². The van der Waals surface area contributed by atoms with E-state index in [1.54, 1.807) is 0 Å². The van der Waals surface area contributed by atoms with Gasteiger partial charge >= 0.3 is 0 Å². The maximum Gasteiger partial charge on any atom is 0.237 e. The molecule has 1 aliphatic heterocycles. The molecule has 0 unspecified atom stereocenters. The lowest BCUT2D eigenvalue weighted by Crippen LogP contribution is -1.79. The van der Waals surface area contributed by atoms with Gasteiger partial charge in [0.15, 0.2) is 5.37 Å². The van der Waals surface area contributed by atoms with E-state index >= 15 is 0 Å². The zero-order valence-electron chi connectivity index (χ0n) is 6.16. The zero-order valence-corrected chi connectivity index (χ0v) is 6.97. The van der Waals surface area contributed by atoms with Crippen LogP contribution in [0, 0.1) is 0 Å². The van der Waals surface area contributed by atoms with Crippen molar-refractivity contribution in [3.05, 3.63) is 35.9 Å². The van der Waals surface area contributed by atoms with E-state index in [-0.39, 0.29) is 0 Å². The maximum absolute atomic E-state index is 2.22. The fraction of sp³-hybridized carbons (Fsp3) is 0.100. The smallest absolute Gasteiger partial charge is 0.0750 e. The highest BCUT2D eigenvalue weighted by atomic mass is 32.1. The Morgan fingerprint density at radius 1 is 1.18 bits per heavy atom. The molecule has 0 nitrogen and oxygen atoms in total. The van der Waals surface area contributed by atoms with Crippen LogP contribution in [0.2, 0.25) is 0 Å². The van der Waals surface area contributed by atoms with Crippen molar-refractivity contribution >= 4 is 22.8 Å². The molecule has 1 heterocycles. The quantitative estimate of drug-likeness (QED) is 0.405. The van der Waals surface area contributed by atoms with Crippen LogP contribution in [0.5, 0.6) is 0 Å². The summed E-state index contributed by atoms with van der Waals surface area (Å²) in [5.41, 5.74) is 1.34. The Morgan fingerprint density at radius 3 is 3.09 bits per heavy atom. The molecule has 54 valence electrons. The van der Waals surface area contributed by atoms with Crippen molar-refractivity contribution in [3.63, 3.8) is 0 Å². The predicted molar refractivity (Wildman–Crippen MR) is 51.8 cm³/mol. The molecule has 0 atom stereocenters. The van der Waals surface area contributed by atoms with Gasteiger partial charge in [-0.2, -0.15) is 0 Å². The van der Waals surface area contributed by atoms with Gasteiger partial charge in [0.25, 0.3) is 0 Å². The van der Waals surface area contributed by atoms with E-state index in [2.05, 4.69) is 41.8 Å². The Morgan fingerprint density at radius 2 is 2.09 bits per heavy atom. The van der Waals surface area contributed by atoms with E-state index < -0.39 is 0 Å². The monoisotopic (exact) mass is 161 g/mol. The van der Waals surface area contributed by atoms with E-state index in [4.69, 9.17) is 0 Å². The van der Waals surface area contributed by atoms with Gasteiger partial charge in [-0.15, -0.1) is 0 Å². The van der Waals surface area contributed by atoms with Crippen molar-refractivity contribution in [2.24, 2.45) is 0 Å². The van der Waals surface area contributed by atoms with Crippen LogP contribution in [-0.2, 0) is 11.4 Å². The average molecular weight is 161 g/mol. The highest BCUT2D eigenvalue weighted by molar-refractivity contribution is 7.77. The molecule has 0 aromatic heterocycles. The average Bonchev–Trinajstić information content (AvgIpc) is 2.28. The van der Waals surface area contributed by atoms with Crippen molar-refractivity contribution in [2.45, 2.75) is 11.3 Å². The second-order valence-corrected chi connectivity index (χ2v) is 3.47. The Kier molecular flexibility index (Phi) is 1.82. The molecule has 0 saturated carbocycles. The van der Waals surface area contributed by atoms with Crippen molar-refractivity contribution < 1.29 is 0 Å². The number of hydrogen-bond donors (Lipinski definition) is 0. The van der Waals surface area contributed by atoms with Crippen LogP contribution in [0.1, 0.15) is 12.0 Å². The molecule has 0 bridgehead atoms. The molecule has 0 fully saturated rings. The number of allylic oxidation sites excluding steroid dienone is 1. The van der Waals surface area contributed by atoms with Crippen molar-refractivity contribution in [3.8, 4) is 0 Å².